The molecule has 0 aliphatic rings. The van der Waals surface area contributed by atoms with Crippen LogP contribution >= 0.6 is 15.9 Å². The van der Waals surface area contributed by atoms with Gasteiger partial charge >= 0.3 is 5.97 Å². The van der Waals surface area contributed by atoms with Gasteiger partial charge in [-0.25, -0.2) is 4.79 Å². The summed E-state index contributed by atoms with van der Waals surface area (Å²) in [7, 11) is 0. The van der Waals surface area contributed by atoms with Gasteiger partial charge in [0.1, 0.15) is 5.69 Å². The maximum atomic E-state index is 12.4. The number of hydrogen-bond donors (Lipinski definition) is 3. The quantitative estimate of drug-likeness (QED) is 0.171. The van der Waals surface area contributed by atoms with Crippen LogP contribution < -0.4 is 10.6 Å². The summed E-state index contributed by atoms with van der Waals surface area (Å²) in [5.41, 5.74) is 2.94. The number of aromatic nitrogens is 1. The lowest BCUT2D eigenvalue weighted by atomic mass is 10.1. The van der Waals surface area contributed by atoms with Crippen LogP contribution in [0.5, 0.6) is 0 Å². The molecule has 0 amide bonds. The molecule has 2 aromatic carbocycles. The van der Waals surface area contributed by atoms with Crippen LogP contribution in [-0.4, -0.2) is 30.1 Å². The molecule has 0 spiro atoms. The highest BCUT2D eigenvalue weighted by atomic mass is 79.9. The second kappa shape index (κ2) is 9.75. The highest BCUT2D eigenvalue weighted by molar-refractivity contribution is 9.10. The van der Waals surface area contributed by atoms with E-state index in [1.165, 1.54) is 0 Å². The molecule has 0 atom stereocenters. The number of nitrogens with zero attached hydrogens (tertiary/aromatic N) is 2. The molecule has 0 unspecified atom stereocenters. The number of rotatable bonds is 6. The zero-order valence-corrected chi connectivity index (χ0v) is 17.4. The van der Waals surface area contributed by atoms with Gasteiger partial charge in [-0.05, 0) is 49.2 Å². The topological polar surface area (TPSA) is 102 Å². The highest BCUT2D eigenvalue weighted by Gasteiger charge is 2.18. The van der Waals surface area contributed by atoms with E-state index in [9.17, 15) is 4.79 Å². The number of ether oxygens (including phenoxy) is 1. The number of esters is 1. The van der Waals surface area contributed by atoms with Crippen LogP contribution in [0.3, 0.4) is 0 Å². The number of aromatic amines is 1. The first-order valence-corrected chi connectivity index (χ1v) is 9.90. The van der Waals surface area contributed by atoms with Gasteiger partial charge in [0.15, 0.2) is 6.19 Å². The summed E-state index contributed by atoms with van der Waals surface area (Å²) < 4.78 is 6.11. The summed E-state index contributed by atoms with van der Waals surface area (Å²) in [6.07, 6.45) is 2.38. The Morgan fingerprint density at radius 3 is 2.79 bits per heavy atom. The first kappa shape index (κ1) is 20.4. The van der Waals surface area contributed by atoms with Gasteiger partial charge in [-0.3, -0.25) is 10.3 Å². The molecule has 0 aliphatic heterocycles. The minimum atomic E-state index is -0.392. The number of nitrogens with one attached hydrogen (secondary N) is 3. The van der Waals surface area contributed by atoms with Crippen LogP contribution in [0.15, 0.2) is 58.0 Å². The van der Waals surface area contributed by atoms with Gasteiger partial charge < -0.3 is 15.0 Å². The van der Waals surface area contributed by atoms with Gasteiger partial charge in [0.2, 0.25) is 5.96 Å². The Balaban J connectivity index is 1.85. The van der Waals surface area contributed by atoms with E-state index in [2.05, 4.69) is 36.5 Å². The van der Waals surface area contributed by atoms with E-state index in [-0.39, 0.29) is 0 Å². The van der Waals surface area contributed by atoms with Crippen molar-refractivity contribution in [3.8, 4) is 6.19 Å². The standard InChI is InChI=1S/C21H20BrN5O2/c1-2-29-20(28)19-16(17-12-14(22)8-9-18(17)27-19)10-11-24-21(25-13-23)26-15-6-4-3-5-7-15/h3-9,12,27H,2,10-11H2,1H3,(H2,24,25,26). The van der Waals surface area contributed by atoms with E-state index in [0.717, 1.165) is 26.6 Å². The third kappa shape index (κ3) is 5.15. The van der Waals surface area contributed by atoms with Crippen LogP contribution in [0.2, 0.25) is 0 Å². The molecular formula is C21H20BrN5O2. The molecule has 148 valence electrons. The molecule has 3 N–H and O–H groups in total. The predicted molar refractivity (Wildman–Crippen MR) is 117 cm³/mol. The van der Waals surface area contributed by atoms with E-state index in [1.54, 1.807) is 6.92 Å². The molecule has 29 heavy (non-hydrogen) atoms. The molecule has 0 aliphatic carbocycles. The molecule has 3 rings (SSSR count). The van der Waals surface area contributed by atoms with E-state index in [1.807, 2.05) is 54.7 Å². The largest absolute Gasteiger partial charge is 0.461 e. The van der Waals surface area contributed by atoms with Gasteiger partial charge in [0, 0.05) is 27.6 Å². The second-order valence-electron chi connectivity index (χ2n) is 6.10. The average molecular weight is 454 g/mol. The first-order valence-electron chi connectivity index (χ1n) is 9.11. The molecule has 0 saturated heterocycles. The minimum Gasteiger partial charge on any atom is -0.461 e. The Hall–Kier alpha value is -3.31. The zero-order valence-electron chi connectivity index (χ0n) is 15.8. The van der Waals surface area contributed by atoms with Crippen LogP contribution in [0.4, 0.5) is 5.69 Å². The fourth-order valence-electron chi connectivity index (χ4n) is 2.96. The number of aliphatic imine (C=N–C) groups is 1. The summed E-state index contributed by atoms with van der Waals surface area (Å²) in [5, 5.41) is 15.6. The molecule has 1 aromatic heterocycles. The smallest absolute Gasteiger partial charge is 0.355 e. The lowest BCUT2D eigenvalue weighted by molar-refractivity contribution is 0.0519. The van der Waals surface area contributed by atoms with Crippen molar-refractivity contribution in [1.29, 1.82) is 5.26 Å². The summed E-state index contributed by atoms with van der Waals surface area (Å²) in [6.45, 7) is 2.44. The number of fused-ring (bicyclic) bond motifs is 1. The lowest BCUT2D eigenvalue weighted by Gasteiger charge is -2.08. The minimum absolute atomic E-state index is 0.298. The van der Waals surface area contributed by atoms with E-state index in [0.29, 0.717) is 31.2 Å². The number of benzene rings is 2. The van der Waals surface area contributed by atoms with Crippen molar-refractivity contribution in [2.45, 2.75) is 13.3 Å². The molecule has 8 heteroatoms. The molecule has 0 bridgehead atoms. The Morgan fingerprint density at radius 2 is 2.07 bits per heavy atom. The summed E-state index contributed by atoms with van der Waals surface area (Å²) in [6, 6.07) is 15.2. The van der Waals surface area contributed by atoms with Gasteiger partial charge in [0.05, 0.1) is 6.61 Å². The predicted octanol–water partition coefficient (Wildman–Crippen LogP) is 4.19. The van der Waals surface area contributed by atoms with E-state index >= 15 is 0 Å². The van der Waals surface area contributed by atoms with Gasteiger partial charge in [-0.2, -0.15) is 5.26 Å². The van der Waals surface area contributed by atoms with Crippen molar-refractivity contribution in [1.82, 2.24) is 10.3 Å². The number of halogens is 1. The van der Waals surface area contributed by atoms with Crippen LogP contribution in [0, 0.1) is 11.5 Å². The van der Waals surface area contributed by atoms with Crippen LogP contribution in [0.25, 0.3) is 10.9 Å². The third-order valence-corrected chi connectivity index (χ3v) is 4.68. The Labute approximate surface area is 176 Å². The SMILES string of the molecule is CCOC(=O)c1[nH]c2ccc(Br)cc2c1CCN=C(NC#N)Nc1ccccc1. The molecule has 3 aromatic rings. The first-order chi connectivity index (χ1) is 14.1. The fourth-order valence-corrected chi connectivity index (χ4v) is 3.32. The van der Waals surface area contributed by atoms with E-state index in [4.69, 9.17) is 10.00 Å². The molecule has 1 heterocycles. The number of guanidine groups is 1. The summed E-state index contributed by atoms with van der Waals surface area (Å²) in [4.78, 5) is 20.0. The number of anilines is 1. The second-order valence-corrected chi connectivity index (χ2v) is 7.01. The van der Waals surface area contributed by atoms with Gasteiger partial charge in [0.25, 0.3) is 0 Å². The number of para-hydroxylation sites is 1. The zero-order chi connectivity index (χ0) is 20.6. The normalized spacial score (nSPS) is 11.1. The maximum Gasteiger partial charge on any atom is 0.355 e. The number of carbonyl (C=O) groups excluding carboxylic acids is 1. The third-order valence-electron chi connectivity index (χ3n) is 4.19. The maximum absolute atomic E-state index is 12.4. The Bertz CT molecular complexity index is 1070. The molecule has 0 radical (unpaired) electrons. The van der Waals surface area contributed by atoms with E-state index < -0.39 is 5.97 Å². The van der Waals surface area contributed by atoms with Crippen molar-refractivity contribution in [2.24, 2.45) is 4.99 Å². The summed E-state index contributed by atoms with van der Waals surface area (Å²) in [5.74, 6) is -0.0472. The number of H-pyrrole nitrogens is 1. The highest BCUT2D eigenvalue weighted by Crippen LogP contribution is 2.27. The monoisotopic (exact) mass is 453 g/mol. The van der Waals surface area contributed by atoms with Crippen molar-refractivity contribution in [3.63, 3.8) is 0 Å². The Kier molecular flexibility index (Phi) is 6.87. The number of nitriles is 1. The fraction of sp³-hybridized carbons (Fsp3) is 0.190. The molecule has 0 fully saturated rings. The van der Waals surface area contributed by atoms with Crippen molar-refractivity contribution in [2.75, 3.05) is 18.5 Å². The summed E-state index contributed by atoms with van der Waals surface area (Å²) >= 11 is 3.48. The number of hydrogen-bond acceptors (Lipinski definition) is 4. The average Bonchev–Trinajstić information content (AvgIpc) is 3.07. The van der Waals surface area contributed by atoms with Crippen molar-refractivity contribution >= 4 is 44.4 Å². The van der Waals surface area contributed by atoms with Crippen molar-refractivity contribution < 1.29 is 9.53 Å². The number of carbonyl (C=O) groups is 1. The van der Waals surface area contributed by atoms with Gasteiger partial charge in [-0.1, -0.05) is 34.1 Å². The van der Waals surface area contributed by atoms with Crippen LogP contribution in [-0.2, 0) is 11.2 Å². The van der Waals surface area contributed by atoms with Crippen molar-refractivity contribution in [3.05, 3.63) is 64.3 Å². The lowest BCUT2D eigenvalue weighted by Crippen LogP contribution is -2.27. The van der Waals surface area contributed by atoms with Gasteiger partial charge in [-0.15, -0.1) is 0 Å². The molecule has 7 nitrogen and oxygen atoms in total. The Morgan fingerprint density at radius 1 is 1.28 bits per heavy atom. The molecular weight excluding hydrogens is 434 g/mol. The molecule has 0 saturated carbocycles. The van der Waals surface area contributed by atoms with Crippen LogP contribution in [0.1, 0.15) is 23.0 Å².